The maximum atomic E-state index is 6.25. The molecule has 2 heterocycles. The van der Waals surface area contributed by atoms with Gasteiger partial charge in [-0.1, -0.05) is 237 Å². The van der Waals surface area contributed by atoms with Gasteiger partial charge in [0, 0.05) is 32.7 Å². The van der Waals surface area contributed by atoms with E-state index in [1.807, 2.05) is 12.1 Å². The lowest BCUT2D eigenvalue weighted by Gasteiger charge is -2.36. The zero-order valence-electron chi connectivity index (χ0n) is 37.8. The molecule has 3 heteroatoms. The average molecular weight is 896 g/mol. The van der Waals surface area contributed by atoms with Crippen molar-refractivity contribution in [3.05, 3.63) is 273 Å². The molecule has 0 amide bonds. The fourth-order valence-electron chi connectivity index (χ4n) is 11.0. The van der Waals surface area contributed by atoms with Gasteiger partial charge in [0.05, 0.1) is 16.7 Å². The standard InChI is InChI=1S/C66H45NOSi/c1-6-21-46(22-7-1)49-27-20-32-54(41-49)69(52-28-12-4-13-29-52,53-30-14-5-15-31-53)55-44-58(47-23-8-2-9-24-47)66(59(45-55)48-25-10-3-11-26-48)67-62-35-18-16-33-56(62)60-42-50(37-39-63(60)67)51-38-40-65-61(43-51)57-34-17-19-36-64(57)68-65/h1-45H. The molecule has 11 aromatic carbocycles. The summed E-state index contributed by atoms with van der Waals surface area (Å²) >= 11 is 0. The highest BCUT2D eigenvalue weighted by Gasteiger charge is 2.43. The minimum absolute atomic E-state index is 0.901. The molecule has 0 N–H and O–H groups in total. The third-order valence-corrected chi connectivity index (χ3v) is 18.9. The van der Waals surface area contributed by atoms with Crippen LogP contribution in [0.1, 0.15) is 0 Å². The van der Waals surface area contributed by atoms with Crippen molar-refractivity contribution in [2.75, 3.05) is 0 Å². The van der Waals surface area contributed by atoms with E-state index in [1.54, 1.807) is 0 Å². The summed E-state index contributed by atoms with van der Waals surface area (Å²) in [7, 11) is -3.10. The van der Waals surface area contributed by atoms with Crippen LogP contribution in [0.3, 0.4) is 0 Å². The van der Waals surface area contributed by atoms with Crippen molar-refractivity contribution in [2.45, 2.75) is 0 Å². The Morgan fingerprint density at radius 1 is 0.261 bits per heavy atom. The second-order valence-electron chi connectivity index (χ2n) is 18.0. The number of benzene rings is 11. The molecular weight excluding hydrogens is 851 g/mol. The van der Waals surface area contributed by atoms with Gasteiger partial charge in [-0.2, -0.15) is 0 Å². The smallest absolute Gasteiger partial charge is 0.179 e. The minimum atomic E-state index is -3.10. The third kappa shape index (κ3) is 6.78. The van der Waals surface area contributed by atoms with Gasteiger partial charge < -0.3 is 8.98 Å². The molecule has 2 aromatic heterocycles. The topological polar surface area (TPSA) is 18.1 Å². The van der Waals surface area contributed by atoms with E-state index >= 15 is 0 Å². The molecule has 0 fully saturated rings. The number of nitrogens with zero attached hydrogens (tertiary/aromatic N) is 1. The van der Waals surface area contributed by atoms with Gasteiger partial charge in [0.25, 0.3) is 0 Å². The van der Waals surface area contributed by atoms with Gasteiger partial charge in [0.1, 0.15) is 11.2 Å². The van der Waals surface area contributed by atoms with E-state index in [0.717, 1.165) is 55.3 Å². The molecule has 0 bridgehead atoms. The van der Waals surface area contributed by atoms with Crippen molar-refractivity contribution >= 4 is 72.6 Å². The normalized spacial score (nSPS) is 11.8. The van der Waals surface area contributed by atoms with Crippen molar-refractivity contribution in [1.82, 2.24) is 4.57 Å². The SMILES string of the molecule is c1ccc(-c2cccc([Si](c3ccccc3)(c3ccccc3)c3cc(-c4ccccc4)c(-n4c5ccccc5c5cc(-c6ccc7oc8ccccc8c7c6)ccc54)c(-c4ccccc4)c3)c2)cc1. The number of hydrogen-bond acceptors (Lipinski definition) is 1. The number of furan rings is 1. The summed E-state index contributed by atoms with van der Waals surface area (Å²) in [5.41, 5.74) is 14.7. The second-order valence-corrected chi connectivity index (χ2v) is 21.8. The van der Waals surface area contributed by atoms with Crippen LogP contribution in [-0.2, 0) is 0 Å². The van der Waals surface area contributed by atoms with Crippen LogP contribution in [0.2, 0.25) is 0 Å². The Bertz CT molecular complexity index is 3890. The second kappa shape index (κ2) is 16.8. The lowest BCUT2D eigenvalue weighted by atomic mass is 9.95. The maximum absolute atomic E-state index is 6.25. The largest absolute Gasteiger partial charge is 0.456 e. The zero-order chi connectivity index (χ0) is 45.7. The molecule has 0 saturated carbocycles. The van der Waals surface area contributed by atoms with Crippen LogP contribution in [0.15, 0.2) is 277 Å². The monoisotopic (exact) mass is 895 g/mol. The van der Waals surface area contributed by atoms with E-state index in [9.17, 15) is 0 Å². The summed E-state index contributed by atoms with van der Waals surface area (Å²) in [6, 6.07) is 101. The number of hydrogen-bond donors (Lipinski definition) is 0. The first-order valence-electron chi connectivity index (χ1n) is 23.7. The first kappa shape index (κ1) is 40.5. The number of aromatic nitrogens is 1. The van der Waals surface area contributed by atoms with E-state index in [2.05, 4.69) is 265 Å². The molecule has 69 heavy (non-hydrogen) atoms. The van der Waals surface area contributed by atoms with Gasteiger partial charge in [-0.25, -0.2) is 0 Å². The lowest BCUT2D eigenvalue weighted by Crippen LogP contribution is -2.74. The molecule has 0 atom stereocenters. The van der Waals surface area contributed by atoms with Crippen LogP contribution < -0.4 is 20.7 Å². The first-order chi connectivity index (χ1) is 34.2. The molecule has 13 aromatic rings. The maximum Gasteiger partial charge on any atom is 0.179 e. The summed E-state index contributed by atoms with van der Waals surface area (Å²) in [6.07, 6.45) is 0. The van der Waals surface area contributed by atoms with Crippen molar-refractivity contribution in [3.63, 3.8) is 0 Å². The summed E-state index contributed by atoms with van der Waals surface area (Å²) in [4.78, 5) is 0. The third-order valence-electron chi connectivity index (χ3n) is 14.1. The van der Waals surface area contributed by atoms with Gasteiger partial charge in [0.15, 0.2) is 8.07 Å². The highest BCUT2D eigenvalue weighted by atomic mass is 28.3. The van der Waals surface area contributed by atoms with Crippen molar-refractivity contribution in [1.29, 1.82) is 0 Å². The zero-order valence-corrected chi connectivity index (χ0v) is 38.8. The summed E-state index contributed by atoms with van der Waals surface area (Å²) in [5, 5.41) is 9.99. The van der Waals surface area contributed by atoms with E-state index in [4.69, 9.17) is 4.42 Å². The number of rotatable bonds is 9. The van der Waals surface area contributed by atoms with E-state index in [0.29, 0.717) is 0 Å². The van der Waals surface area contributed by atoms with E-state index < -0.39 is 8.07 Å². The Kier molecular flexibility index (Phi) is 9.88. The number of fused-ring (bicyclic) bond motifs is 6. The molecule has 324 valence electrons. The van der Waals surface area contributed by atoms with Gasteiger partial charge in [-0.3, -0.25) is 0 Å². The highest BCUT2D eigenvalue weighted by molar-refractivity contribution is 7.20. The van der Waals surface area contributed by atoms with Crippen LogP contribution in [-0.4, -0.2) is 12.6 Å². The van der Waals surface area contributed by atoms with Crippen molar-refractivity contribution < 1.29 is 4.42 Å². The van der Waals surface area contributed by atoms with Crippen LogP contribution in [0.4, 0.5) is 0 Å². The molecule has 0 saturated heterocycles. The molecule has 0 aliphatic carbocycles. The highest BCUT2D eigenvalue weighted by Crippen LogP contribution is 2.43. The molecule has 2 nitrogen and oxygen atoms in total. The molecule has 13 rings (SSSR count). The summed E-state index contributed by atoms with van der Waals surface area (Å²) < 4.78 is 8.79. The predicted octanol–water partition coefficient (Wildman–Crippen LogP) is 14.7. The number of para-hydroxylation sites is 2. The Balaban J connectivity index is 1.13. The first-order valence-corrected chi connectivity index (χ1v) is 25.7. The van der Waals surface area contributed by atoms with E-state index in [-0.39, 0.29) is 0 Å². The molecule has 0 unspecified atom stereocenters. The molecular formula is C66H45NOSi. The quantitative estimate of drug-likeness (QED) is 0.104. The summed E-state index contributed by atoms with van der Waals surface area (Å²) in [5.74, 6) is 0. The molecule has 0 spiro atoms. The van der Waals surface area contributed by atoms with Crippen LogP contribution >= 0.6 is 0 Å². The van der Waals surface area contributed by atoms with Crippen molar-refractivity contribution in [2.24, 2.45) is 0 Å². The Hall–Kier alpha value is -8.76. The molecule has 0 aliphatic rings. The van der Waals surface area contributed by atoms with Crippen LogP contribution in [0.5, 0.6) is 0 Å². The van der Waals surface area contributed by atoms with E-state index in [1.165, 1.54) is 59.3 Å². The fourth-order valence-corrected chi connectivity index (χ4v) is 15.8. The van der Waals surface area contributed by atoms with Crippen LogP contribution in [0, 0.1) is 0 Å². The molecule has 0 aliphatic heterocycles. The fraction of sp³-hybridized carbons (Fsp3) is 0. The van der Waals surface area contributed by atoms with Crippen LogP contribution in [0.25, 0.3) is 93.9 Å². The van der Waals surface area contributed by atoms with Crippen molar-refractivity contribution in [3.8, 4) is 50.2 Å². The predicted molar refractivity (Wildman–Crippen MR) is 293 cm³/mol. The molecule has 0 radical (unpaired) electrons. The Morgan fingerprint density at radius 3 is 1.35 bits per heavy atom. The van der Waals surface area contributed by atoms with Gasteiger partial charge in [-0.15, -0.1) is 0 Å². The summed E-state index contributed by atoms with van der Waals surface area (Å²) in [6.45, 7) is 0. The average Bonchev–Trinajstić information content (AvgIpc) is 3.97. The lowest BCUT2D eigenvalue weighted by molar-refractivity contribution is 0.669. The van der Waals surface area contributed by atoms with Gasteiger partial charge >= 0.3 is 0 Å². The van der Waals surface area contributed by atoms with Gasteiger partial charge in [0.2, 0.25) is 0 Å². The minimum Gasteiger partial charge on any atom is -0.456 e. The van der Waals surface area contributed by atoms with Gasteiger partial charge in [-0.05, 0) is 90.5 Å². The Labute approximate surface area is 402 Å². The Morgan fingerprint density at radius 2 is 0.710 bits per heavy atom.